The Bertz CT molecular complexity index is 1180. The minimum absolute atomic E-state index is 0.0356. The molecule has 1 N–H and O–H groups in total. The summed E-state index contributed by atoms with van der Waals surface area (Å²) in [5.41, 5.74) is -0.581. The van der Waals surface area contributed by atoms with Gasteiger partial charge in [-0.25, -0.2) is 4.39 Å². The van der Waals surface area contributed by atoms with E-state index in [1.54, 1.807) is 0 Å². The second kappa shape index (κ2) is 9.46. The summed E-state index contributed by atoms with van der Waals surface area (Å²) in [6, 6.07) is 8.35. The number of aromatic nitrogens is 2. The highest BCUT2D eigenvalue weighted by atomic mass is 35.5. The number of nitrogens with zero attached hydrogens (tertiary/aromatic N) is 2. The van der Waals surface area contributed by atoms with Crippen LogP contribution in [0.5, 0.6) is 17.6 Å². The van der Waals surface area contributed by atoms with Gasteiger partial charge in [0.15, 0.2) is 6.29 Å². The van der Waals surface area contributed by atoms with Crippen LogP contribution in [0.15, 0.2) is 46.9 Å². The summed E-state index contributed by atoms with van der Waals surface area (Å²) in [6.07, 6.45) is -0.964. The summed E-state index contributed by atoms with van der Waals surface area (Å²) in [4.78, 5) is 9.89. The molecule has 0 radical (unpaired) electrons. The largest absolute Gasteiger partial charge is 0.486 e. The van der Waals surface area contributed by atoms with Gasteiger partial charge in [0.1, 0.15) is 23.9 Å². The van der Waals surface area contributed by atoms with E-state index in [4.69, 9.17) is 25.5 Å². The summed E-state index contributed by atoms with van der Waals surface area (Å²) >= 11 is 5.41. The van der Waals surface area contributed by atoms with E-state index in [2.05, 4.69) is 15.5 Å². The second-order valence-electron chi connectivity index (χ2n) is 8.39. The van der Waals surface area contributed by atoms with Gasteiger partial charge in [0.2, 0.25) is 5.89 Å². The third kappa shape index (κ3) is 5.25. The Morgan fingerprint density at radius 2 is 1.77 bits per heavy atom. The zero-order chi connectivity index (χ0) is 25.3. The van der Waals surface area contributed by atoms with Crippen molar-refractivity contribution >= 4 is 17.9 Å². The van der Waals surface area contributed by atoms with E-state index in [-0.39, 0.29) is 34.4 Å². The fourth-order valence-electron chi connectivity index (χ4n) is 4.25. The number of halogens is 5. The fourth-order valence-corrected chi connectivity index (χ4v) is 4.37. The van der Waals surface area contributed by atoms with Gasteiger partial charge < -0.3 is 19.2 Å². The molecule has 6 rings (SSSR count). The van der Waals surface area contributed by atoms with E-state index < -0.39 is 17.6 Å². The van der Waals surface area contributed by atoms with Crippen LogP contribution in [0.2, 0.25) is 5.02 Å². The fraction of sp³-hybridized carbons (Fsp3) is 0.348. The van der Waals surface area contributed by atoms with Gasteiger partial charge in [-0.1, -0.05) is 16.7 Å². The first kappa shape index (κ1) is 24.9. The molecule has 1 aromatic heterocycles. The maximum atomic E-state index is 12.7. The first-order valence-corrected chi connectivity index (χ1v) is 10.9. The zero-order valence-electron chi connectivity index (χ0n) is 18.4. The van der Waals surface area contributed by atoms with Crippen molar-refractivity contribution in [3.63, 3.8) is 0 Å². The SMILES string of the molecule is CNC12CC(c3nnc(Oc4ccc(C(F)(F)F)cc4)o3)(C1)C2.O=CCOc1ccc(Cl)c(F)c1. The van der Waals surface area contributed by atoms with E-state index in [1.165, 1.54) is 24.3 Å². The number of benzene rings is 2. The van der Waals surface area contributed by atoms with Crippen molar-refractivity contribution < 1.29 is 36.2 Å². The van der Waals surface area contributed by atoms with Crippen LogP contribution in [-0.4, -0.2) is 35.7 Å². The van der Waals surface area contributed by atoms with Crippen molar-refractivity contribution in [1.82, 2.24) is 15.5 Å². The number of ether oxygens (including phenoxy) is 2. The molecule has 3 aliphatic rings. The van der Waals surface area contributed by atoms with Gasteiger partial charge in [0, 0.05) is 11.6 Å². The first-order chi connectivity index (χ1) is 16.6. The van der Waals surface area contributed by atoms with Crippen molar-refractivity contribution in [2.45, 2.75) is 36.4 Å². The molecule has 7 nitrogen and oxygen atoms in total. The smallest absolute Gasteiger partial charge is 0.420 e. The Morgan fingerprint density at radius 1 is 1.11 bits per heavy atom. The molecule has 3 saturated carbocycles. The molecule has 0 unspecified atom stereocenters. The first-order valence-electron chi connectivity index (χ1n) is 10.5. The molecular formula is C23H20ClF4N3O4. The van der Waals surface area contributed by atoms with Gasteiger partial charge >= 0.3 is 12.3 Å². The number of carbonyl (C=O) groups excluding carboxylic acids is 1. The molecule has 3 aromatic rings. The van der Waals surface area contributed by atoms with Crippen LogP contribution in [0.4, 0.5) is 17.6 Å². The Hall–Kier alpha value is -3.18. The van der Waals surface area contributed by atoms with Crippen molar-refractivity contribution in [1.29, 1.82) is 0 Å². The Morgan fingerprint density at radius 3 is 2.34 bits per heavy atom. The topological polar surface area (TPSA) is 86.5 Å². The number of hydrogen-bond donors (Lipinski definition) is 1. The quantitative estimate of drug-likeness (QED) is 0.337. The number of nitrogens with one attached hydrogen (secondary N) is 1. The summed E-state index contributed by atoms with van der Waals surface area (Å²) in [5, 5.41) is 11.2. The molecule has 0 spiro atoms. The van der Waals surface area contributed by atoms with Crippen LogP contribution >= 0.6 is 11.6 Å². The predicted molar refractivity (Wildman–Crippen MR) is 116 cm³/mol. The van der Waals surface area contributed by atoms with E-state index in [0.29, 0.717) is 17.9 Å². The number of hydrogen-bond acceptors (Lipinski definition) is 7. The minimum Gasteiger partial charge on any atom is -0.486 e. The molecule has 0 amide bonds. The number of alkyl halides is 3. The van der Waals surface area contributed by atoms with Crippen LogP contribution < -0.4 is 14.8 Å². The normalized spacial score (nSPS) is 22.2. The highest BCUT2D eigenvalue weighted by molar-refractivity contribution is 6.30. The van der Waals surface area contributed by atoms with Crippen molar-refractivity contribution in [3.8, 4) is 17.6 Å². The lowest BCUT2D eigenvalue weighted by molar-refractivity contribution is -0.137. The van der Waals surface area contributed by atoms with Gasteiger partial charge in [-0.2, -0.15) is 13.2 Å². The van der Waals surface area contributed by atoms with Crippen LogP contribution in [0.3, 0.4) is 0 Å². The zero-order valence-corrected chi connectivity index (χ0v) is 19.1. The molecule has 1 heterocycles. The van der Waals surface area contributed by atoms with Gasteiger partial charge in [-0.3, -0.25) is 4.79 Å². The highest BCUT2D eigenvalue weighted by Gasteiger charge is 2.70. The standard InChI is InChI=1S/C15H14F3N3O2.C8H6ClFO2/c1-19-14-6-13(7-14,8-14)11-20-21-12(23-11)22-10-4-2-9(3-5-10)15(16,17)18;9-7-2-1-6(5-8(7)10)12-4-3-11/h2-5,19H,6-8H2,1H3;1-3,5H,4H2. The molecule has 0 aliphatic heterocycles. The van der Waals surface area contributed by atoms with Gasteiger partial charge in [-0.15, -0.1) is 5.10 Å². The second-order valence-corrected chi connectivity index (χ2v) is 8.80. The molecule has 12 heteroatoms. The molecule has 186 valence electrons. The monoisotopic (exact) mass is 513 g/mol. The van der Waals surface area contributed by atoms with E-state index in [0.717, 1.165) is 37.5 Å². The molecule has 3 aliphatic carbocycles. The summed E-state index contributed by atoms with van der Waals surface area (Å²) < 4.78 is 65.9. The van der Waals surface area contributed by atoms with E-state index >= 15 is 0 Å². The molecule has 0 saturated heterocycles. The summed E-state index contributed by atoms with van der Waals surface area (Å²) in [5.74, 6) is 0.498. The predicted octanol–water partition coefficient (Wildman–Crippen LogP) is 5.33. The number of aldehydes is 1. The molecule has 35 heavy (non-hydrogen) atoms. The van der Waals surface area contributed by atoms with Crippen LogP contribution in [-0.2, 0) is 16.4 Å². The molecular weight excluding hydrogens is 494 g/mol. The van der Waals surface area contributed by atoms with Gasteiger partial charge in [0.25, 0.3) is 0 Å². The average Bonchev–Trinajstić information content (AvgIpc) is 3.21. The Balaban J connectivity index is 0.000000204. The third-order valence-corrected chi connectivity index (χ3v) is 6.32. The maximum absolute atomic E-state index is 12.7. The average molecular weight is 514 g/mol. The van der Waals surface area contributed by atoms with E-state index in [9.17, 15) is 22.4 Å². The number of rotatable bonds is 7. The maximum Gasteiger partial charge on any atom is 0.420 e. The van der Waals surface area contributed by atoms with E-state index in [1.807, 2.05) is 7.05 Å². The molecule has 3 fully saturated rings. The molecule has 0 atom stereocenters. The molecule has 2 aromatic carbocycles. The highest BCUT2D eigenvalue weighted by Crippen LogP contribution is 2.67. The van der Waals surface area contributed by atoms with Crippen LogP contribution in [0, 0.1) is 5.82 Å². The van der Waals surface area contributed by atoms with Gasteiger partial charge in [0.05, 0.1) is 16.0 Å². The minimum atomic E-state index is -4.37. The lowest BCUT2D eigenvalue weighted by atomic mass is 9.39. The van der Waals surface area contributed by atoms with Crippen molar-refractivity contribution in [2.24, 2.45) is 0 Å². The van der Waals surface area contributed by atoms with Crippen molar-refractivity contribution in [2.75, 3.05) is 13.7 Å². The van der Waals surface area contributed by atoms with Crippen molar-refractivity contribution in [3.05, 3.63) is 64.8 Å². The lowest BCUT2D eigenvalue weighted by Gasteiger charge is -2.68. The molecule has 2 bridgehead atoms. The third-order valence-electron chi connectivity index (χ3n) is 6.02. The van der Waals surface area contributed by atoms with Crippen LogP contribution in [0.25, 0.3) is 0 Å². The lowest BCUT2D eigenvalue weighted by Crippen LogP contribution is -2.75. The Labute approximate surface area is 202 Å². The summed E-state index contributed by atoms with van der Waals surface area (Å²) in [7, 11) is 1.94. The Kier molecular flexibility index (Phi) is 6.74. The summed E-state index contributed by atoms with van der Waals surface area (Å²) in [6.45, 7) is -0.0823. The van der Waals surface area contributed by atoms with Gasteiger partial charge in [-0.05, 0) is 62.7 Å². The van der Waals surface area contributed by atoms with Crippen LogP contribution in [0.1, 0.15) is 30.7 Å². The number of carbonyl (C=O) groups is 1.